The number of aliphatic hydroxyl groups is 2. The lowest BCUT2D eigenvalue weighted by atomic mass is 10.0. The molecule has 0 bridgehead atoms. The highest BCUT2D eigenvalue weighted by Crippen LogP contribution is 2.16. The van der Waals surface area contributed by atoms with Crippen molar-refractivity contribution in [2.24, 2.45) is 0 Å². The Hall–Kier alpha value is -2.70. The van der Waals surface area contributed by atoms with E-state index in [1.807, 2.05) is 12.2 Å². The van der Waals surface area contributed by atoms with Gasteiger partial charge in [0.15, 0.2) is 0 Å². The van der Waals surface area contributed by atoms with Crippen molar-refractivity contribution in [2.75, 3.05) is 6.61 Å². The third-order valence-electron chi connectivity index (χ3n) is 11.5. The number of esters is 1. The number of rotatable bonds is 46. The van der Waals surface area contributed by atoms with Crippen LogP contribution in [0.5, 0.6) is 0 Å². The topological polar surface area (TPSA) is 95.9 Å². The highest BCUT2D eigenvalue weighted by atomic mass is 16.5. The Bertz CT molecular complexity index is 1150. The van der Waals surface area contributed by atoms with E-state index in [0.717, 1.165) is 70.6 Å². The maximum atomic E-state index is 13.2. The molecule has 6 heteroatoms. The fourth-order valence-corrected chi connectivity index (χ4v) is 7.57. The minimum absolute atomic E-state index is 0.00391. The number of aliphatic hydroxyl groups excluding tert-OH is 2. The third kappa shape index (κ3) is 43.9. The van der Waals surface area contributed by atoms with E-state index in [9.17, 15) is 19.8 Å². The molecule has 62 heavy (non-hydrogen) atoms. The van der Waals surface area contributed by atoms with Crippen LogP contribution in [-0.4, -0.2) is 46.9 Å². The zero-order chi connectivity index (χ0) is 45.2. The van der Waals surface area contributed by atoms with Crippen molar-refractivity contribution in [3.8, 4) is 0 Å². The van der Waals surface area contributed by atoms with Crippen molar-refractivity contribution >= 4 is 11.9 Å². The number of hydrogen-bond donors (Lipinski definition) is 3. The minimum atomic E-state index is -0.814. The van der Waals surface area contributed by atoms with E-state index in [2.05, 4.69) is 86.8 Å². The summed E-state index contributed by atoms with van der Waals surface area (Å²) < 4.78 is 5.87. The molecule has 3 N–H and O–H groups in total. The predicted molar refractivity (Wildman–Crippen MR) is 268 cm³/mol. The van der Waals surface area contributed by atoms with E-state index >= 15 is 0 Å². The molecule has 0 aliphatic rings. The molecule has 0 aromatic rings. The monoisotopic (exact) mass is 866 g/mol. The van der Waals surface area contributed by atoms with Crippen LogP contribution in [0.25, 0.3) is 0 Å². The number of unbranched alkanes of at least 4 members (excludes halogenated alkanes) is 23. The van der Waals surface area contributed by atoms with Gasteiger partial charge in [-0.3, -0.25) is 9.59 Å². The predicted octanol–water partition coefficient (Wildman–Crippen LogP) is 15.8. The van der Waals surface area contributed by atoms with E-state index in [1.165, 1.54) is 128 Å². The summed E-state index contributed by atoms with van der Waals surface area (Å²) in [5, 5.41) is 23.7. The highest BCUT2D eigenvalue weighted by molar-refractivity contribution is 5.77. The summed E-state index contributed by atoms with van der Waals surface area (Å²) in [4.78, 5) is 26.1. The molecule has 0 spiro atoms. The number of carbonyl (C=O) groups is 2. The lowest BCUT2D eigenvalue weighted by Crippen LogP contribution is -2.46. The molecule has 0 heterocycles. The molecule has 0 saturated heterocycles. The van der Waals surface area contributed by atoms with Gasteiger partial charge < -0.3 is 20.3 Å². The van der Waals surface area contributed by atoms with Gasteiger partial charge in [-0.15, -0.1) is 0 Å². The number of ether oxygens (including phenoxy) is 1. The average Bonchev–Trinajstić information content (AvgIpc) is 3.26. The SMILES string of the molecule is CC/C=C\C/C=C\C/C=C\C/C=C\C/C=C\CC(CC(=O)NC(CO)C(O)CCCCCCCCCCCCCCC)OC(=O)CCCCCCCCC/C=C\CCCCCC. The first kappa shape index (κ1) is 59.3. The third-order valence-corrected chi connectivity index (χ3v) is 11.5. The Morgan fingerprint density at radius 2 is 0.903 bits per heavy atom. The molecular formula is C56H99NO5. The van der Waals surface area contributed by atoms with Crippen molar-refractivity contribution < 1.29 is 24.5 Å². The number of allylic oxidation sites excluding steroid dienone is 11. The summed E-state index contributed by atoms with van der Waals surface area (Å²) in [7, 11) is 0. The zero-order valence-corrected chi connectivity index (χ0v) is 40.7. The maximum absolute atomic E-state index is 13.2. The van der Waals surface area contributed by atoms with Gasteiger partial charge in [0.1, 0.15) is 6.10 Å². The van der Waals surface area contributed by atoms with E-state index in [-0.39, 0.29) is 24.9 Å². The first-order valence-electron chi connectivity index (χ1n) is 26.2. The van der Waals surface area contributed by atoms with Gasteiger partial charge in [0, 0.05) is 12.8 Å². The van der Waals surface area contributed by atoms with Gasteiger partial charge in [0.2, 0.25) is 5.91 Å². The van der Waals surface area contributed by atoms with E-state index in [4.69, 9.17) is 4.74 Å². The van der Waals surface area contributed by atoms with Crippen LogP contribution in [0.2, 0.25) is 0 Å². The number of nitrogens with one attached hydrogen (secondary N) is 1. The van der Waals surface area contributed by atoms with Crippen LogP contribution in [0.15, 0.2) is 72.9 Å². The van der Waals surface area contributed by atoms with Crippen LogP contribution in [0, 0.1) is 0 Å². The standard InChI is InChI=1S/C56H99NO5/c1-4-7-10-13-16-19-22-25-27-30-32-35-38-41-44-47-52(62-56(61)49-46-43-40-37-34-31-28-26-23-20-17-14-11-8-5-2)50-55(60)57-53(51-58)54(59)48-45-42-39-36-33-29-24-21-18-15-12-9-6-3/h7,10,16,19-20,23,25,27,32,35,41,44,52-54,58-59H,4-6,8-9,11-15,17-18,21-22,24,26,28-31,33-34,36-40,42-43,45-51H2,1-3H3,(H,57,60)/b10-7-,19-16-,23-20-,27-25-,35-32-,44-41-. The second-order valence-electron chi connectivity index (χ2n) is 17.5. The van der Waals surface area contributed by atoms with Gasteiger partial charge in [0.25, 0.3) is 0 Å². The number of amides is 1. The molecule has 1 amide bonds. The first-order valence-corrected chi connectivity index (χ1v) is 26.2. The summed E-state index contributed by atoms with van der Waals surface area (Å²) in [6.07, 6.45) is 62.6. The van der Waals surface area contributed by atoms with Gasteiger partial charge in [0.05, 0.1) is 25.2 Å². The van der Waals surface area contributed by atoms with Crippen LogP contribution in [-0.2, 0) is 14.3 Å². The highest BCUT2D eigenvalue weighted by Gasteiger charge is 2.23. The van der Waals surface area contributed by atoms with Crippen molar-refractivity contribution in [3.63, 3.8) is 0 Å². The van der Waals surface area contributed by atoms with Gasteiger partial charge in [-0.25, -0.2) is 0 Å². The second-order valence-corrected chi connectivity index (χ2v) is 17.5. The number of carbonyl (C=O) groups excluding carboxylic acids is 2. The summed E-state index contributed by atoms with van der Waals surface area (Å²) in [6.45, 7) is 6.33. The molecule has 358 valence electrons. The molecule has 0 rings (SSSR count). The Morgan fingerprint density at radius 3 is 1.37 bits per heavy atom. The first-order chi connectivity index (χ1) is 30.5. The van der Waals surface area contributed by atoms with Crippen LogP contribution >= 0.6 is 0 Å². The fraction of sp³-hybridized carbons (Fsp3) is 0.750. The summed E-state index contributed by atoms with van der Waals surface area (Å²) >= 11 is 0. The summed E-state index contributed by atoms with van der Waals surface area (Å²) in [5.74, 6) is -0.584. The average molecular weight is 866 g/mol. The van der Waals surface area contributed by atoms with Gasteiger partial charge in [-0.2, -0.15) is 0 Å². The van der Waals surface area contributed by atoms with Gasteiger partial charge in [-0.1, -0.05) is 229 Å². The quantitative estimate of drug-likeness (QED) is 0.0322. The Kier molecular flexibility index (Phi) is 47.2. The molecule has 0 aromatic heterocycles. The minimum Gasteiger partial charge on any atom is -0.461 e. The smallest absolute Gasteiger partial charge is 0.306 e. The van der Waals surface area contributed by atoms with Crippen LogP contribution < -0.4 is 5.32 Å². The van der Waals surface area contributed by atoms with Crippen molar-refractivity contribution in [1.82, 2.24) is 5.32 Å². The summed E-state index contributed by atoms with van der Waals surface area (Å²) in [5.41, 5.74) is 0. The molecule has 0 aliphatic carbocycles. The second kappa shape index (κ2) is 49.3. The summed E-state index contributed by atoms with van der Waals surface area (Å²) in [6, 6.07) is -0.735. The van der Waals surface area contributed by atoms with Crippen LogP contribution in [0.3, 0.4) is 0 Å². The maximum Gasteiger partial charge on any atom is 0.306 e. The normalized spacial score (nSPS) is 13.8. The van der Waals surface area contributed by atoms with Crippen molar-refractivity contribution in [3.05, 3.63) is 72.9 Å². The van der Waals surface area contributed by atoms with Crippen molar-refractivity contribution in [1.29, 1.82) is 0 Å². The lowest BCUT2D eigenvalue weighted by Gasteiger charge is -2.24. The number of hydrogen-bond acceptors (Lipinski definition) is 5. The molecule has 0 aliphatic heterocycles. The molecule has 6 nitrogen and oxygen atoms in total. The Balaban J connectivity index is 4.72. The lowest BCUT2D eigenvalue weighted by molar-refractivity contribution is -0.150. The van der Waals surface area contributed by atoms with E-state index < -0.39 is 18.2 Å². The van der Waals surface area contributed by atoms with E-state index in [1.54, 1.807) is 0 Å². The largest absolute Gasteiger partial charge is 0.461 e. The van der Waals surface area contributed by atoms with Crippen LogP contribution in [0.4, 0.5) is 0 Å². The van der Waals surface area contributed by atoms with Crippen LogP contribution in [0.1, 0.15) is 245 Å². The Labute approximate surface area is 383 Å². The zero-order valence-electron chi connectivity index (χ0n) is 40.7. The molecule has 0 fully saturated rings. The van der Waals surface area contributed by atoms with Crippen molar-refractivity contribution in [2.45, 2.75) is 264 Å². The fourth-order valence-electron chi connectivity index (χ4n) is 7.57. The molecule has 3 atom stereocenters. The molecule has 3 unspecified atom stereocenters. The van der Waals surface area contributed by atoms with Gasteiger partial charge >= 0.3 is 5.97 Å². The molecule has 0 radical (unpaired) electrons. The van der Waals surface area contributed by atoms with Gasteiger partial charge in [-0.05, 0) is 70.6 Å². The molecule has 0 aromatic carbocycles. The molecular weight excluding hydrogens is 767 g/mol. The molecule has 0 saturated carbocycles. The van der Waals surface area contributed by atoms with E-state index in [0.29, 0.717) is 19.3 Å². The Morgan fingerprint density at radius 1 is 0.500 bits per heavy atom.